The second kappa shape index (κ2) is 11.5. The molecule has 1 N–H and O–H groups in total. The van der Waals surface area contributed by atoms with Gasteiger partial charge in [0.05, 0.1) is 6.61 Å². The first-order valence-corrected chi connectivity index (χ1v) is 7.44. The summed E-state index contributed by atoms with van der Waals surface area (Å²) in [7, 11) is 0. The van der Waals surface area contributed by atoms with Crippen LogP contribution in [0.5, 0.6) is 0 Å². The van der Waals surface area contributed by atoms with Crippen LogP contribution >= 0.6 is 0 Å². The van der Waals surface area contributed by atoms with Gasteiger partial charge in [0, 0.05) is 27.7 Å². The quantitative estimate of drug-likeness (QED) is 0.212. The topological polar surface area (TPSA) is 172 Å². The lowest BCUT2D eigenvalue weighted by atomic mass is 10.0. The predicted molar refractivity (Wildman–Crippen MR) is 82.4 cm³/mol. The number of carbonyl (C=O) groups is 5. The smallest absolute Gasteiger partial charge is 0.303 e. The van der Waals surface area contributed by atoms with E-state index in [0.717, 1.165) is 33.8 Å². The number of amides is 1. The normalized spacial score (nSPS) is 14.4. The van der Waals surface area contributed by atoms with Crippen molar-refractivity contribution in [2.45, 2.75) is 52.1 Å². The standard InChI is InChI=1S/C15H19NO11/c1-7(19)24-11(5-17)12(25-8(2)20)13(26-9(3)21)14(27-10(4)22)15(23)16-6-18/h11-14,17H,5H2,1-4H3/t11-,12-,13+,14-/m1/s1. The number of ether oxygens (including phenoxy) is 4. The third-order valence-corrected chi connectivity index (χ3v) is 2.78. The summed E-state index contributed by atoms with van der Waals surface area (Å²) < 4.78 is 19.4. The molecule has 0 aliphatic rings. The molecule has 0 saturated heterocycles. The van der Waals surface area contributed by atoms with Crippen molar-refractivity contribution in [3.05, 3.63) is 0 Å². The van der Waals surface area contributed by atoms with E-state index in [9.17, 15) is 33.9 Å². The van der Waals surface area contributed by atoms with Crippen molar-refractivity contribution in [1.82, 2.24) is 0 Å². The third kappa shape index (κ3) is 8.70. The van der Waals surface area contributed by atoms with E-state index in [1.165, 1.54) is 0 Å². The average molecular weight is 389 g/mol. The van der Waals surface area contributed by atoms with Crippen LogP contribution in [0.4, 0.5) is 0 Å². The van der Waals surface area contributed by atoms with Gasteiger partial charge in [0.1, 0.15) is 0 Å². The third-order valence-electron chi connectivity index (χ3n) is 2.78. The first-order chi connectivity index (χ1) is 12.5. The number of hydrogen-bond donors (Lipinski definition) is 1. The molecule has 0 aromatic rings. The van der Waals surface area contributed by atoms with E-state index in [-0.39, 0.29) is 0 Å². The largest absolute Gasteiger partial charge is 0.456 e. The van der Waals surface area contributed by atoms with Crippen LogP contribution in [0.2, 0.25) is 0 Å². The minimum Gasteiger partial charge on any atom is -0.456 e. The summed E-state index contributed by atoms with van der Waals surface area (Å²) in [6.07, 6.45) is -6.36. The van der Waals surface area contributed by atoms with Crippen LogP contribution in [0.15, 0.2) is 4.99 Å². The van der Waals surface area contributed by atoms with Gasteiger partial charge in [-0.3, -0.25) is 24.0 Å². The molecule has 0 saturated carbocycles. The summed E-state index contributed by atoms with van der Waals surface area (Å²) in [6.45, 7) is 2.86. The van der Waals surface area contributed by atoms with Crippen LogP contribution in [-0.2, 0) is 47.7 Å². The Hall–Kier alpha value is -3.11. The van der Waals surface area contributed by atoms with E-state index < -0.39 is 60.8 Å². The van der Waals surface area contributed by atoms with Crippen LogP contribution in [0.3, 0.4) is 0 Å². The highest BCUT2D eigenvalue weighted by atomic mass is 16.6. The number of isocyanates is 1. The number of aliphatic hydroxyl groups is 1. The summed E-state index contributed by atoms with van der Waals surface area (Å²) in [5.74, 6) is -5.27. The SMILES string of the molecule is CC(=O)O[C@@H]([C@H](OC(C)=O)[C@@H](OC(C)=O)C(=O)N=C=O)[C@@H](CO)OC(C)=O. The fourth-order valence-electron chi connectivity index (χ4n) is 2.01. The Labute approximate surface area is 153 Å². The first kappa shape index (κ1) is 23.9. The molecule has 4 atom stereocenters. The predicted octanol–water partition coefficient (Wildman–Crippen LogP) is -1.43. The molecule has 0 spiro atoms. The van der Waals surface area contributed by atoms with Crippen molar-refractivity contribution in [3.8, 4) is 0 Å². The van der Waals surface area contributed by atoms with Gasteiger partial charge in [0.2, 0.25) is 12.2 Å². The minimum atomic E-state index is -2.04. The number of nitrogens with zero attached hydrogens (tertiary/aromatic N) is 1. The molecule has 0 bridgehead atoms. The maximum absolute atomic E-state index is 12.0. The van der Waals surface area contributed by atoms with Crippen LogP contribution in [0.1, 0.15) is 27.7 Å². The van der Waals surface area contributed by atoms with E-state index in [1.54, 1.807) is 0 Å². The zero-order chi connectivity index (χ0) is 21.1. The Morgan fingerprint density at radius 3 is 1.63 bits per heavy atom. The second-order valence-corrected chi connectivity index (χ2v) is 5.05. The number of carbonyl (C=O) groups excluding carboxylic acids is 6. The van der Waals surface area contributed by atoms with Gasteiger partial charge in [-0.15, -0.1) is 4.99 Å². The molecule has 0 unspecified atom stereocenters. The summed E-state index contributed by atoms with van der Waals surface area (Å²) in [4.78, 5) is 70.6. The number of aliphatic imine (C=N–C) groups is 1. The highest BCUT2D eigenvalue weighted by Crippen LogP contribution is 2.20. The molecule has 12 heteroatoms. The van der Waals surface area contributed by atoms with Crippen molar-refractivity contribution >= 4 is 35.9 Å². The zero-order valence-corrected chi connectivity index (χ0v) is 15.0. The maximum atomic E-state index is 12.0. The minimum absolute atomic E-state index is 0.894. The molecule has 0 aliphatic carbocycles. The average Bonchev–Trinajstić information content (AvgIpc) is 2.53. The highest BCUT2D eigenvalue weighted by molar-refractivity contribution is 5.88. The number of rotatable bonds is 9. The maximum Gasteiger partial charge on any atom is 0.303 e. The molecule has 0 radical (unpaired) electrons. The van der Waals surface area contributed by atoms with Gasteiger partial charge in [0.15, 0.2) is 18.3 Å². The van der Waals surface area contributed by atoms with Crippen molar-refractivity contribution in [2.75, 3.05) is 6.61 Å². The Morgan fingerprint density at radius 1 is 0.815 bits per heavy atom. The summed E-state index contributed by atoms with van der Waals surface area (Å²) in [5.41, 5.74) is 0. The van der Waals surface area contributed by atoms with Crippen LogP contribution in [-0.4, -0.2) is 72.0 Å². The van der Waals surface area contributed by atoms with Crippen molar-refractivity contribution in [1.29, 1.82) is 0 Å². The molecule has 0 aromatic carbocycles. The van der Waals surface area contributed by atoms with E-state index in [1.807, 2.05) is 0 Å². The molecule has 12 nitrogen and oxygen atoms in total. The molecular formula is C15H19NO11. The molecule has 0 rings (SSSR count). The highest BCUT2D eigenvalue weighted by Gasteiger charge is 2.46. The van der Waals surface area contributed by atoms with Crippen molar-refractivity contribution in [3.63, 3.8) is 0 Å². The van der Waals surface area contributed by atoms with Gasteiger partial charge in [-0.25, -0.2) is 4.79 Å². The van der Waals surface area contributed by atoms with Gasteiger partial charge in [-0.05, 0) is 0 Å². The lowest BCUT2D eigenvalue weighted by Crippen LogP contribution is -2.54. The fourth-order valence-corrected chi connectivity index (χ4v) is 2.01. The molecule has 0 fully saturated rings. The lowest BCUT2D eigenvalue weighted by molar-refractivity contribution is -0.201. The van der Waals surface area contributed by atoms with Crippen LogP contribution < -0.4 is 0 Å². The van der Waals surface area contributed by atoms with Gasteiger partial charge in [-0.2, -0.15) is 0 Å². The molecule has 0 aromatic heterocycles. The number of hydrogen-bond acceptors (Lipinski definition) is 11. The first-order valence-electron chi connectivity index (χ1n) is 7.44. The van der Waals surface area contributed by atoms with Gasteiger partial charge >= 0.3 is 29.8 Å². The molecule has 0 heterocycles. The Balaban J connectivity index is 6.25. The molecular weight excluding hydrogens is 370 g/mol. The van der Waals surface area contributed by atoms with Crippen LogP contribution in [0, 0.1) is 0 Å². The van der Waals surface area contributed by atoms with Crippen molar-refractivity contribution < 1.29 is 52.8 Å². The number of esters is 4. The lowest BCUT2D eigenvalue weighted by Gasteiger charge is -2.33. The van der Waals surface area contributed by atoms with Gasteiger partial charge < -0.3 is 24.1 Å². The molecule has 27 heavy (non-hydrogen) atoms. The van der Waals surface area contributed by atoms with Crippen molar-refractivity contribution in [2.24, 2.45) is 4.99 Å². The van der Waals surface area contributed by atoms with E-state index in [4.69, 9.17) is 18.9 Å². The van der Waals surface area contributed by atoms with Crippen LogP contribution in [0.25, 0.3) is 0 Å². The van der Waals surface area contributed by atoms with E-state index in [2.05, 4.69) is 4.99 Å². The summed E-state index contributed by atoms with van der Waals surface area (Å²) in [5, 5.41) is 9.46. The van der Waals surface area contributed by atoms with Gasteiger partial charge in [0.25, 0.3) is 0 Å². The molecule has 1 amide bonds. The Kier molecular flexibility index (Phi) is 10.2. The summed E-state index contributed by atoms with van der Waals surface area (Å²) >= 11 is 0. The summed E-state index contributed by atoms with van der Waals surface area (Å²) in [6, 6.07) is 0. The van der Waals surface area contributed by atoms with E-state index in [0.29, 0.717) is 0 Å². The second-order valence-electron chi connectivity index (χ2n) is 5.05. The fraction of sp³-hybridized carbons (Fsp3) is 0.600. The van der Waals surface area contributed by atoms with E-state index >= 15 is 0 Å². The zero-order valence-electron chi connectivity index (χ0n) is 15.0. The molecule has 0 aliphatic heterocycles. The molecule has 150 valence electrons. The monoisotopic (exact) mass is 389 g/mol. The van der Waals surface area contributed by atoms with Gasteiger partial charge in [-0.1, -0.05) is 0 Å². The Bertz CT molecular complexity index is 638. The number of aliphatic hydroxyl groups excluding tert-OH is 1. The Morgan fingerprint density at radius 2 is 1.26 bits per heavy atom.